The van der Waals surface area contributed by atoms with Gasteiger partial charge in [0, 0.05) is 0 Å². The molecule has 0 aromatic heterocycles. The van der Waals surface area contributed by atoms with Crippen molar-refractivity contribution in [1.82, 2.24) is 5.32 Å². The van der Waals surface area contributed by atoms with Crippen LogP contribution in [-0.2, 0) is 14.3 Å². The van der Waals surface area contributed by atoms with Crippen LogP contribution < -0.4 is 5.32 Å². The molecule has 0 spiro atoms. The number of alkyl carbamates (subject to hydrolysis) is 1. The monoisotopic (exact) mass is 275 g/mol. The first kappa shape index (κ1) is 17.7. The van der Waals surface area contributed by atoms with Gasteiger partial charge in [0.25, 0.3) is 0 Å². The molecular formula is C13H25NO5. The Kier molecular flexibility index (Phi) is 5.81. The number of carboxylic acid groups (broad SMARTS) is 1. The van der Waals surface area contributed by atoms with Crippen LogP contribution in [-0.4, -0.2) is 40.5 Å². The topological polar surface area (TPSA) is 84.9 Å². The molecule has 0 aromatic rings. The Morgan fingerprint density at radius 1 is 1.05 bits per heavy atom. The van der Waals surface area contributed by atoms with Gasteiger partial charge < -0.3 is 19.9 Å². The number of aliphatic carboxylic acids is 1. The molecule has 19 heavy (non-hydrogen) atoms. The van der Waals surface area contributed by atoms with Crippen LogP contribution in [0.4, 0.5) is 4.79 Å². The number of carboxylic acids is 1. The van der Waals surface area contributed by atoms with Gasteiger partial charge in [-0.1, -0.05) is 0 Å². The third-order valence-electron chi connectivity index (χ3n) is 1.95. The van der Waals surface area contributed by atoms with E-state index in [0.717, 1.165) is 0 Å². The summed E-state index contributed by atoms with van der Waals surface area (Å²) in [5, 5.41) is 11.4. The molecule has 0 fully saturated rings. The minimum absolute atomic E-state index is 0.497. The summed E-state index contributed by atoms with van der Waals surface area (Å²) in [6.45, 7) is 12.2. The van der Waals surface area contributed by atoms with E-state index in [-0.39, 0.29) is 0 Å². The normalized spacial score (nSPS) is 15.5. The van der Waals surface area contributed by atoms with Crippen LogP contribution in [0.3, 0.4) is 0 Å². The predicted molar refractivity (Wildman–Crippen MR) is 71.1 cm³/mol. The van der Waals surface area contributed by atoms with Crippen LogP contribution in [0.5, 0.6) is 0 Å². The number of hydrogen-bond acceptors (Lipinski definition) is 4. The van der Waals surface area contributed by atoms with E-state index >= 15 is 0 Å². The summed E-state index contributed by atoms with van der Waals surface area (Å²) < 4.78 is 10.6. The number of hydrogen-bond donors (Lipinski definition) is 2. The van der Waals surface area contributed by atoms with Crippen molar-refractivity contribution >= 4 is 12.1 Å². The number of carbonyl (C=O) groups is 2. The van der Waals surface area contributed by atoms with E-state index in [1.807, 2.05) is 20.8 Å². The van der Waals surface area contributed by atoms with Gasteiger partial charge in [0.05, 0.1) is 11.7 Å². The lowest BCUT2D eigenvalue weighted by Gasteiger charge is -2.30. The van der Waals surface area contributed by atoms with Crippen LogP contribution in [0.15, 0.2) is 0 Å². The fourth-order valence-corrected chi connectivity index (χ4v) is 1.44. The molecule has 0 saturated heterocycles. The average molecular weight is 275 g/mol. The molecule has 0 radical (unpaired) electrons. The van der Waals surface area contributed by atoms with Crippen molar-refractivity contribution in [2.75, 3.05) is 0 Å². The van der Waals surface area contributed by atoms with Gasteiger partial charge in [-0.3, -0.25) is 0 Å². The molecule has 0 aliphatic heterocycles. The molecule has 1 unspecified atom stereocenters. The van der Waals surface area contributed by atoms with Crippen LogP contribution in [0.25, 0.3) is 0 Å². The largest absolute Gasteiger partial charge is 0.480 e. The number of amides is 1. The smallest absolute Gasteiger partial charge is 0.408 e. The summed E-state index contributed by atoms with van der Waals surface area (Å²) in [6.07, 6.45) is -1.45. The second-order valence-corrected chi connectivity index (χ2v) is 6.40. The van der Waals surface area contributed by atoms with Crippen molar-refractivity contribution in [3.63, 3.8) is 0 Å². The fraction of sp³-hybridized carbons (Fsp3) is 0.846. The SMILES string of the molecule is CC(OC(C)(C)C)[C@@H](NC(=O)OC(C)(C)C)C(=O)O. The zero-order valence-corrected chi connectivity index (χ0v) is 12.7. The van der Waals surface area contributed by atoms with Gasteiger partial charge in [-0.05, 0) is 48.5 Å². The number of ether oxygens (including phenoxy) is 2. The molecule has 0 aromatic carbocycles. The van der Waals surface area contributed by atoms with Gasteiger partial charge >= 0.3 is 12.1 Å². The van der Waals surface area contributed by atoms with Crippen molar-refractivity contribution in [3.8, 4) is 0 Å². The molecule has 0 rings (SSSR count). The van der Waals surface area contributed by atoms with Crippen molar-refractivity contribution in [2.24, 2.45) is 0 Å². The van der Waals surface area contributed by atoms with Crippen LogP contribution >= 0.6 is 0 Å². The molecule has 1 amide bonds. The zero-order chi connectivity index (χ0) is 15.4. The van der Waals surface area contributed by atoms with E-state index in [9.17, 15) is 9.59 Å². The Balaban J connectivity index is 4.67. The van der Waals surface area contributed by atoms with Crippen molar-refractivity contribution in [3.05, 3.63) is 0 Å². The lowest BCUT2D eigenvalue weighted by atomic mass is 10.1. The summed E-state index contributed by atoms with van der Waals surface area (Å²) in [7, 11) is 0. The van der Waals surface area contributed by atoms with E-state index < -0.39 is 35.4 Å². The van der Waals surface area contributed by atoms with E-state index in [1.54, 1.807) is 27.7 Å². The predicted octanol–water partition coefficient (Wildman–Crippen LogP) is 2.17. The van der Waals surface area contributed by atoms with Crippen LogP contribution in [0.2, 0.25) is 0 Å². The van der Waals surface area contributed by atoms with Gasteiger partial charge in [0.15, 0.2) is 6.04 Å². The maximum absolute atomic E-state index is 11.6. The Labute approximate surface area is 114 Å². The molecule has 2 N–H and O–H groups in total. The minimum Gasteiger partial charge on any atom is -0.480 e. The van der Waals surface area contributed by atoms with Crippen LogP contribution in [0.1, 0.15) is 48.5 Å². The van der Waals surface area contributed by atoms with Gasteiger partial charge in [0.1, 0.15) is 5.60 Å². The van der Waals surface area contributed by atoms with Crippen LogP contribution in [0, 0.1) is 0 Å². The van der Waals surface area contributed by atoms with Crippen molar-refractivity contribution < 1.29 is 24.2 Å². The summed E-state index contributed by atoms with van der Waals surface area (Å²) in [5.74, 6) is -1.16. The Hall–Kier alpha value is -1.30. The Morgan fingerprint density at radius 3 is 1.84 bits per heavy atom. The average Bonchev–Trinajstić information content (AvgIpc) is 2.07. The molecular weight excluding hydrogens is 250 g/mol. The van der Waals surface area contributed by atoms with E-state index in [4.69, 9.17) is 14.6 Å². The third-order valence-corrected chi connectivity index (χ3v) is 1.95. The summed E-state index contributed by atoms with van der Waals surface area (Å²) in [6, 6.07) is -1.16. The maximum atomic E-state index is 11.6. The van der Waals surface area contributed by atoms with E-state index in [1.165, 1.54) is 0 Å². The molecule has 6 nitrogen and oxygen atoms in total. The Bertz CT molecular complexity index is 327. The maximum Gasteiger partial charge on any atom is 0.408 e. The standard InChI is InChI=1S/C13H25NO5/c1-8(18-12(2,3)4)9(10(15)16)14-11(17)19-13(5,6)7/h8-9H,1-7H3,(H,14,17)(H,15,16)/t8?,9-/m1/s1. The van der Waals surface area contributed by atoms with Gasteiger partial charge in [-0.15, -0.1) is 0 Å². The molecule has 112 valence electrons. The third kappa shape index (κ3) is 8.42. The molecule has 6 heteroatoms. The van der Waals surface area contributed by atoms with Gasteiger partial charge in [-0.25, -0.2) is 9.59 Å². The molecule has 0 saturated carbocycles. The van der Waals surface area contributed by atoms with Gasteiger partial charge in [-0.2, -0.15) is 0 Å². The first-order valence-corrected chi connectivity index (χ1v) is 6.22. The highest BCUT2D eigenvalue weighted by Gasteiger charge is 2.31. The molecule has 2 atom stereocenters. The molecule has 0 aliphatic carbocycles. The number of rotatable bonds is 4. The number of carbonyl (C=O) groups excluding carboxylic acids is 1. The highest BCUT2D eigenvalue weighted by molar-refractivity contribution is 5.80. The van der Waals surface area contributed by atoms with Crippen molar-refractivity contribution in [2.45, 2.75) is 71.8 Å². The lowest BCUT2D eigenvalue weighted by Crippen LogP contribution is -2.51. The van der Waals surface area contributed by atoms with Gasteiger partial charge in [0.2, 0.25) is 0 Å². The first-order valence-electron chi connectivity index (χ1n) is 6.22. The zero-order valence-electron chi connectivity index (χ0n) is 12.7. The molecule has 0 bridgehead atoms. The minimum atomic E-state index is -1.16. The molecule has 0 aliphatic rings. The summed E-state index contributed by atoms with van der Waals surface area (Å²) >= 11 is 0. The van der Waals surface area contributed by atoms with E-state index in [0.29, 0.717) is 0 Å². The fourth-order valence-electron chi connectivity index (χ4n) is 1.44. The number of nitrogens with one attached hydrogen (secondary N) is 1. The second-order valence-electron chi connectivity index (χ2n) is 6.40. The lowest BCUT2D eigenvalue weighted by molar-refractivity contribution is -0.147. The molecule has 0 heterocycles. The highest BCUT2D eigenvalue weighted by Crippen LogP contribution is 2.14. The van der Waals surface area contributed by atoms with E-state index in [2.05, 4.69) is 5.32 Å². The second kappa shape index (κ2) is 6.23. The quantitative estimate of drug-likeness (QED) is 0.821. The highest BCUT2D eigenvalue weighted by atomic mass is 16.6. The van der Waals surface area contributed by atoms with Crippen molar-refractivity contribution in [1.29, 1.82) is 0 Å². The first-order chi connectivity index (χ1) is 8.32. The Morgan fingerprint density at radius 2 is 1.53 bits per heavy atom. The summed E-state index contributed by atoms with van der Waals surface area (Å²) in [5.41, 5.74) is -1.18. The summed E-state index contributed by atoms with van der Waals surface area (Å²) in [4.78, 5) is 22.8.